The van der Waals surface area contributed by atoms with Gasteiger partial charge in [0, 0.05) is 24.7 Å². The van der Waals surface area contributed by atoms with Crippen LogP contribution in [0.3, 0.4) is 0 Å². The van der Waals surface area contributed by atoms with Gasteiger partial charge in [-0.3, -0.25) is 4.90 Å². The molecule has 3 heteroatoms. The normalized spacial score (nSPS) is 14.8. The lowest BCUT2D eigenvalue weighted by Crippen LogP contribution is -2.29. The highest BCUT2D eigenvalue weighted by atomic mass is 16.4. The van der Waals surface area contributed by atoms with Crippen LogP contribution >= 0.6 is 0 Å². The zero-order valence-corrected chi connectivity index (χ0v) is 10.7. The van der Waals surface area contributed by atoms with Gasteiger partial charge in [0.2, 0.25) is 0 Å². The molecule has 0 atom stereocenters. The van der Waals surface area contributed by atoms with E-state index in [-0.39, 0.29) is 5.57 Å². The first-order valence-electron chi connectivity index (χ1n) is 6.27. The monoisotopic (exact) mass is 245 g/mol. The predicted octanol–water partition coefficient (Wildman–Crippen LogP) is 2.60. The summed E-state index contributed by atoms with van der Waals surface area (Å²) in [5.74, 6) is -0.899. The second-order valence-electron chi connectivity index (χ2n) is 5.03. The van der Waals surface area contributed by atoms with Gasteiger partial charge in [-0.15, -0.1) is 0 Å². The summed E-state index contributed by atoms with van der Waals surface area (Å²) in [4.78, 5) is 13.1. The van der Waals surface area contributed by atoms with Crippen LogP contribution in [-0.2, 0) is 11.3 Å². The van der Waals surface area contributed by atoms with E-state index in [1.54, 1.807) is 0 Å². The van der Waals surface area contributed by atoms with Crippen molar-refractivity contribution in [2.24, 2.45) is 0 Å². The molecule has 1 fully saturated rings. The number of rotatable bonds is 6. The first-order valence-corrected chi connectivity index (χ1v) is 6.27. The third-order valence-corrected chi connectivity index (χ3v) is 3.27. The zero-order valence-electron chi connectivity index (χ0n) is 10.7. The number of carboxylic acid groups (broad SMARTS) is 1. The van der Waals surface area contributed by atoms with Gasteiger partial charge in [0.1, 0.15) is 0 Å². The maximum atomic E-state index is 10.8. The SMILES string of the molecule is C=C(CN(Cc1ccc(C)cc1)C1CC1)C(=O)O. The molecule has 1 aliphatic carbocycles. The van der Waals surface area contributed by atoms with Gasteiger partial charge < -0.3 is 5.11 Å². The fourth-order valence-electron chi connectivity index (χ4n) is 1.99. The second-order valence-corrected chi connectivity index (χ2v) is 5.03. The largest absolute Gasteiger partial charge is 0.478 e. The second kappa shape index (κ2) is 5.36. The lowest BCUT2D eigenvalue weighted by molar-refractivity contribution is -0.132. The third-order valence-electron chi connectivity index (χ3n) is 3.27. The van der Waals surface area contributed by atoms with Crippen molar-refractivity contribution < 1.29 is 9.90 Å². The van der Waals surface area contributed by atoms with Crippen LogP contribution in [-0.4, -0.2) is 28.6 Å². The van der Waals surface area contributed by atoms with E-state index in [9.17, 15) is 4.79 Å². The van der Waals surface area contributed by atoms with E-state index in [2.05, 4.69) is 42.7 Å². The molecule has 1 aromatic rings. The molecule has 0 amide bonds. The molecule has 0 spiro atoms. The highest BCUT2D eigenvalue weighted by Crippen LogP contribution is 2.28. The van der Waals surface area contributed by atoms with E-state index in [4.69, 9.17) is 5.11 Å². The van der Waals surface area contributed by atoms with Crippen LogP contribution in [0.25, 0.3) is 0 Å². The van der Waals surface area contributed by atoms with Crippen molar-refractivity contribution in [3.8, 4) is 0 Å². The molecule has 3 nitrogen and oxygen atoms in total. The standard InChI is InChI=1S/C15H19NO2/c1-11-3-5-13(6-4-11)10-16(14-7-8-14)9-12(2)15(17)18/h3-6,14H,2,7-10H2,1H3,(H,17,18). The molecule has 96 valence electrons. The van der Waals surface area contributed by atoms with Crippen LogP contribution in [0.5, 0.6) is 0 Å². The topological polar surface area (TPSA) is 40.5 Å². The Bertz CT molecular complexity index is 446. The highest BCUT2D eigenvalue weighted by Gasteiger charge is 2.29. The third kappa shape index (κ3) is 3.44. The van der Waals surface area contributed by atoms with Gasteiger partial charge in [0.05, 0.1) is 0 Å². The minimum Gasteiger partial charge on any atom is -0.478 e. The first kappa shape index (κ1) is 12.8. The Hall–Kier alpha value is -1.61. The molecule has 0 aliphatic heterocycles. The van der Waals surface area contributed by atoms with Crippen molar-refractivity contribution in [3.05, 3.63) is 47.5 Å². The van der Waals surface area contributed by atoms with Crippen LogP contribution in [0.2, 0.25) is 0 Å². The lowest BCUT2D eigenvalue weighted by atomic mass is 10.1. The van der Waals surface area contributed by atoms with Crippen LogP contribution in [0.1, 0.15) is 24.0 Å². The number of benzene rings is 1. The van der Waals surface area contributed by atoms with Gasteiger partial charge in [-0.1, -0.05) is 36.4 Å². The van der Waals surface area contributed by atoms with E-state index < -0.39 is 5.97 Å². The molecule has 0 unspecified atom stereocenters. The summed E-state index contributed by atoms with van der Waals surface area (Å²) in [6.45, 7) is 6.94. The highest BCUT2D eigenvalue weighted by molar-refractivity contribution is 5.86. The molecule has 0 saturated heterocycles. The van der Waals surface area contributed by atoms with Crippen LogP contribution in [0, 0.1) is 6.92 Å². The molecule has 18 heavy (non-hydrogen) atoms. The summed E-state index contributed by atoms with van der Waals surface area (Å²) in [6, 6.07) is 8.92. The molecule has 1 N–H and O–H groups in total. The molecule has 0 radical (unpaired) electrons. The quantitative estimate of drug-likeness (QED) is 0.783. The van der Waals surface area contributed by atoms with E-state index >= 15 is 0 Å². The van der Waals surface area contributed by atoms with Crippen molar-refractivity contribution in [2.45, 2.75) is 32.4 Å². The van der Waals surface area contributed by atoms with Crippen LogP contribution < -0.4 is 0 Å². The predicted molar refractivity (Wildman–Crippen MR) is 71.4 cm³/mol. The summed E-state index contributed by atoms with van der Waals surface area (Å²) in [7, 11) is 0. The van der Waals surface area contributed by atoms with Crippen LogP contribution in [0.4, 0.5) is 0 Å². The minimum absolute atomic E-state index is 0.272. The average molecular weight is 245 g/mol. The fourth-order valence-corrected chi connectivity index (χ4v) is 1.99. The van der Waals surface area contributed by atoms with Gasteiger partial charge >= 0.3 is 5.97 Å². The maximum absolute atomic E-state index is 10.8. The average Bonchev–Trinajstić information content (AvgIpc) is 3.14. The van der Waals surface area contributed by atoms with E-state index in [0.29, 0.717) is 12.6 Å². The minimum atomic E-state index is -0.899. The van der Waals surface area contributed by atoms with Crippen molar-refractivity contribution in [3.63, 3.8) is 0 Å². The molecule has 2 rings (SSSR count). The number of aliphatic carboxylic acids is 1. The summed E-state index contributed by atoms with van der Waals surface area (Å²) in [5, 5.41) is 8.91. The Morgan fingerprint density at radius 3 is 2.50 bits per heavy atom. The number of hydrogen-bond donors (Lipinski definition) is 1. The Morgan fingerprint density at radius 2 is 2.00 bits per heavy atom. The number of nitrogens with zero attached hydrogens (tertiary/aromatic N) is 1. The molecule has 1 aliphatic rings. The smallest absolute Gasteiger partial charge is 0.332 e. The first-order chi connectivity index (χ1) is 8.56. The van der Waals surface area contributed by atoms with Gasteiger partial charge in [0.15, 0.2) is 0 Å². The molecule has 0 bridgehead atoms. The Kier molecular flexibility index (Phi) is 3.82. The van der Waals surface area contributed by atoms with Gasteiger partial charge in [-0.05, 0) is 25.3 Å². The Balaban J connectivity index is 2.00. The lowest BCUT2D eigenvalue weighted by Gasteiger charge is -2.22. The summed E-state index contributed by atoms with van der Waals surface area (Å²) < 4.78 is 0. The number of carboxylic acids is 1. The maximum Gasteiger partial charge on any atom is 0.332 e. The molecule has 0 aromatic heterocycles. The summed E-state index contributed by atoms with van der Waals surface area (Å²) in [5.41, 5.74) is 2.74. The summed E-state index contributed by atoms with van der Waals surface area (Å²) in [6.07, 6.45) is 2.33. The van der Waals surface area contributed by atoms with Crippen molar-refractivity contribution >= 4 is 5.97 Å². The van der Waals surface area contributed by atoms with E-state index in [0.717, 1.165) is 6.54 Å². The van der Waals surface area contributed by atoms with Crippen molar-refractivity contribution in [1.82, 2.24) is 4.90 Å². The molecule has 1 aromatic carbocycles. The van der Waals surface area contributed by atoms with Gasteiger partial charge in [-0.25, -0.2) is 4.79 Å². The summed E-state index contributed by atoms with van der Waals surface area (Å²) >= 11 is 0. The fraction of sp³-hybridized carbons (Fsp3) is 0.400. The van der Waals surface area contributed by atoms with Crippen molar-refractivity contribution in [2.75, 3.05) is 6.54 Å². The Labute approximate surface area is 108 Å². The zero-order chi connectivity index (χ0) is 13.1. The Morgan fingerprint density at radius 1 is 1.39 bits per heavy atom. The van der Waals surface area contributed by atoms with Gasteiger partial charge in [0.25, 0.3) is 0 Å². The number of hydrogen-bond acceptors (Lipinski definition) is 2. The molecular formula is C15H19NO2. The van der Waals surface area contributed by atoms with Crippen molar-refractivity contribution in [1.29, 1.82) is 0 Å². The molecular weight excluding hydrogens is 226 g/mol. The van der Waals surface area contributed by atoms with E-state index in [1.807, 2.05) is 0 Å². The molecule has 0 heterocycles. The number of aryl methyl sites for hydroxylation is 1. The number of carbonyl (C=O) groups is 1. The van der Waals surface area contributed by atoms with Crippen LogP contribution in [0.15, 0.2) is 36.4 Å². The van der Waals surface area contributed by atoms with E-state index in [1.165, 1.54) is 24.0 Å². The van der Waals surface area contributed by atoms with Gasteiger partial charge in [-0.2, -0.15) is 0 Å². The molecule has 1 saturated carbocycles.